The SMILES string of the molecule is COc1ccccc1NC1=C(c2ccccc2OC)C(=O)N(c2cccc(F)c2)C1=O. The van der Waals surface area contributed by atoms with Crippen LogP contribution in [0.25, 0.3) is 5.57 Å². The summed E-state index contributed by atoms with van der Waals surface area (Å²) in [6, 6.07) is 19.3. The van der Waals surface area contributed by atoms with Crippen molar-refractivity contribution in [2.45, 2.75) is 0 Å². The Kier molecular flexibility index (Phi) is 5.41. The molecule has 6 nitrogen and oxygen atoms in total. The van der Waals surface area contributed by atoms with Gasteiger partial charge in [0.25, 0.3) is 11.8 Å². The minimum absolute atomic E-state index is 0.0447. The van der Waals surface area contributed by atoms with Gasteiger partial charge in [0.2, 0.25) is 0 Å². The van der Waals surface area contributed by atoms with Crippen molar-refractivity contribution >= 4 is 28.8 Å². The Balaban J connectivity index is 1.89. The van der Waals surface area contributed by atoms with E-state index in [1.54, 1.807) is 48.5 Å². The van der Waals surface area contributed by atoms with Gasteiger partial charge in [-0.2, -0.15) is 0 Å². The number of amides is 2. The lowest BCUT2D eigenvalue weighted by atomic mass is 10.0. The van der Waals surface area contributed by atoms with Crippen LogP contribution in [-0.4, -0.2) is 26.0 Å². The maximum absolute atomic E-state index is 13.8. The number of carbonyl (C=O) groups is 2. The van der Waals surface area contributed by atoms with Crippen LogP contribution in [0.15, 0.2) is 78.5 Å². The molecule has 0 saturated heterocycles. The lowest BCUT2D eigenvalue weighted by Gasteiger charge is -2.16. The predicted octanol–water partition coefficient (Wildman–Crippen LogP) is 4.24. The summed E-state index contributed by atoms with van der Waals surface area (Å²) in [4.78, 5) is 27.8. The number of para-hydroxylation sites is 3. The van der Waals surface area contributed by atoms with E-state index in [2.05, 4.69) is 5.32 Å². The van der Waals surface area contributed by atoms with Crippen LogP contribution < -0.4 is 19.7 Å². The predicted molar refractivity (Wildman–Crippen MR) is 115 cm³/mol. The average Bonchev–Trinajstić information content (AvgIpc) is 3.03. The number of anilines is 2. The van der Waals surface area contributed by atoms with Gasteiger partial charge in [-0.1, -0.05) is 36.4 Å². The van der Waals surface area contributed by atoms with Gasteiger partial charge in [0, 0.05) is 5.56 Å². The highest BCUT2D eigenvalue weighted by atomic mass is 19.1. The van der Waals surface area contributed by atoms with Gasteiger partial charge in [0.15, 0.2) is 0 Å². The third-order valence-electron chi connectivity index (χ3n) is 4.89. The van der Waals surface area contributed by atoms with Gasteiger partial charge in [0.05, 0.1) is 31.2 Å². The van der Waals surface area contributed by atoms with Crippen LogP contribution >= 0.6 is 0 Å². The minimum Gasteiger partial charge on any atom is -0.496 e. The molecule has 1 heterocycles. The zero-order valence-electron chi connectivity index (χ0n) is 16.9. The zero-order valence-corrected chi connectivity index (χ0v) is 16.9. The highest BCUT2D eigenvalue weighted by molar-refractivity contribution is 6.46. The van der Waals surface area contributed by atoms with Crippen molar-refractivity contribution < 1.29 is 23.5 Å². The van der Waals surface area contributed by atoms with E-state index in [1.807, 2.05) is 0 Å². The molecule has 0 bridgehead atoms. The molecule has 0 aromatic heterocycles. The van der Waals surface area contributed by atoms with Crippen LogP contribution in [0.2, 0.25) is 0 Å². The second-order valence-corrected chi connectivity index (χ2v) is 6.70. The van der Waals surface area contributed by atoms with Gasteiger partial charge in [-0.25, -0.2) is 9.29 Å². The van der Waals surface area contributed by atoms with Gasteiger partial charge in [-0.15, -0.1) is 0 Å². The summed E-state index contributed by atoms with van der Waals surface area (Å²) in [6.45, 7) is 0. The molecule has 4 rings (SSSR count). The molecule has 0 atom stereocenters. The van der Waals surface area contributed by atoms with E-state index >= 15 is 0 Å². The van der Waals surface area contributed by atoms with Crippen molar-refractivity contribution in [1.29, 1.82) is 0 Å². The van der Waals surface area contributed by atoms with Gasteiger partial charge < -0.3 is 14.8 Å². The topological polar surface area (TPSA) is 67.9 Å². The maximum Gasteiger partial charge on any atom is 0.282 e. The fourth-order valence-electron chi connectivity index (χ4n) is 3.48. The van der Waals surface area contributed by atoms with Crippen LogP contribution in [-0.2, 0) is 9.59 Å². The molecule has 31 heavy (non-hydrogen) atoms. The Labute approximate surface area is 178 Å². The number of carbonyl (C=O) groups excluding carboxylic acids is 2. The number of nitrogens with one attached hydrogen (secondary N) is 1. The van der Waals surface area contributed by atoms with Crippen LogP contribution in [0.3, 0.4) is 0 Å². The minimum atomic E-state index is -0.609. The largest absolute Gasteiger partial charge is 0.496 e. The molecule has 156 valence electrons. The first-order chi connectivity index (χ1) is 15.0. The Morgan fingerprint density at radius 2 is 1.48 bits per heavy atom. The summed E-state index contributed by atoms with van der Waals surface area (Å²) >= 11 is 0. The van der Waals surface area contributed by atoms with Crippen molar-refractivity contribution in [2.75, 3.05) is 24.4 Å². The first-order valence-corrected chi connectivity index (χ1v) is 9.47. The number of imide groups is 1. The normalized spacial score (nSPS) is 13.6. The van der Waals surface area contributed by atoms with E-state index in [9.17, 15) is 14.0 Å². The molecule has 0 aliphatic carbocycles. The molecule has 2 amide bonds. The summed E-state index contributed by atoms with van der Waals surface area (Å²) in [5.74, 6) is -0.819. The monoisotopic (exact) mass is 418 g/mol. The van der Waals surface area contributed by atoms with Crippen molar-refractivity contribution in [3.8, 4) is 11.5 Å². The van der Waals surface area contributed by atoms with E-state index in [0.717, 1.165) is 11.0 Å². The molecule has 3 aromatic carbocycles. The molecule has 0 saturated carbocycles. The molecule has 0 unspecified atom stereocenters. The number of methoxy groups -OCH3 is 2. The fraction of sp³-hybridized carbons (Fsp3) is 0.0833. The second-order valence-electron chi connectivity index (χ2n) is 6.70. The molecule has 1 aliphatic rings. The van der Waals surface area contributed by atoms with E-state index in [0.29, 0.717) is 22.7 Å². The lowest BCUT2D eigenvalue weighted by molar-refractivity contribution is -0.120. The maximum atomic E-state index is 13.8. The van der Waals surface area contributed by atoms with Crippen molar-refractivity contribution in [2.24, 2.45) is 0 Å². The number of ether oxygens (including phenoxy) is 2. The Bertz CT molecular complexity index is 1210. The van der Waals surface area contributed by atoms with Crippen LogP contribution in [0.5, 0.6) is 11.5 Å². The standard InChI is InChI=1S/C24H19FN2O4/c1-30-19-12-5-3-10-17(19)21-22(26-18-11-4-6-13-20(18)31-2)24(29)27(23(21)28)16-9-7-8-15(25)14-16/h3-14,26H,1-2H3. The fourth-order valence-corrected chi connectivity index (χ4v) is 3.48. The van der Waals surface area contributed by atoms with Crippen LogP contribution in [0, 0.1) is 5.82 Å². The molecule has 0 fully saturated rings. The molecule has 7 heteroatoms. The smallest absolute Gasteiger partial charge is 0.282 e. The number of hydrogen-bond acceptors (Lipinski definition) is 5. The Morgan fingerprint density at radius 3 is 2.19 bits per heavy atom. The van der Waals surface area contributed by atoms with Crippen molar-refractivity contribution in [1.82, 2.24) is 0 Å². The summed E-state index contributed by atoms with van der Waals surface area (Å²) in [5, 5.41) is 3.05. The number of benzene rings is 3. The third kappa shape index (κ3) is 3.61. The van der Waals surface area contributed by atoms with E-state index in [-0.39, 0.29) is 17.0 Å². The van der Waals surface area contributed by atoms with E-state index in [4.69, 9.17) is 9.47 Å². The molecular formula is C24H19FN2O4. The first kappa shape index (κ1) is 20.2. The number of hydrogen-bond donors (Lipinski definition) is 1. The molecule has 1 N–H and O–H groups in total. The second kappa shape index (κ2) is 8.31. The van der Waals surface area contributed by atoms with E-state index in [1.165, 1.54) is 32.4 Å². The van der Waals surface area contributed by atoms with E-state index < -0.39 is 17.6 Å². The summed E-state index contributed by atoms with van der Waals surface area (Å²) in [6.07, 6.45) is 0. The summed E-state index contributed by atoms with van der Waals surface area (Å²) < 4.78 is 24.6. The first-order valence-electron chi connectivity index (χ1n) is 9.47. The zero-order chi connectivity index (χ0) is 22.0. The highest BCUT2D eigenvalue weighted by Crippen LogP contribution is 2.38. The van der Waals surface area contributed by atoms with Gasteiger partial charge in [0.1, 0.15) is 23.0 Å². The molecular weight excluding hydrogens is 399 g/mol. The van der Waals surface area contributed by atoms with Gasteiger partial charge in [-0.3, -0.25) is 9.59 Å². The van der Waals surface area contributed by atoms with Crippen LogP contribution in [0.4, 0.5) is 15.8 Å². The molecule has 0 radical (unpaired) electrons. The molecule has 0 spiro atoms. The van der Waals surface area contributed by atoms with Crippen LogP contribution in [0.1, 0.15) is 5.56 Å². The lowest BCUT2D eigenvalue weighted by Crippen LogP contribution is -2.32. The van der Waals surface area contributed by atoms with Crippen molar-refractivity contribution in [3.05, 3.63) is 89.9 Å². The Morgan fingerprint density at radius 1 is 0.806 bits per heavy atom. The number of rotatable bonds is 6. The number of nitrogens with zero attached hydrogens (tertiary/aromatic N) is 1. The quantitative estimate of drug-likeness (QED) is 0.607. The summed E-state index contributed by atoms with van der Waals surface area (Å²) in [7, 11) is 3.00. The highest BCUT2D eigenvalue weighted by Gasteiger charge is 2.41. The van der Waals surface area contributed by atoms with Gasteiger partial charge >= 0.3 is 0 Å². The molecule has 1 aliphatic heterocycles. The Hall–Kier alpha value is -4.13. The van der Waals surface area contributed by atoms with Gasteiger partial charge in [-0.05, 0) is 36.4 Å². The van der Waals surface area contributed by atoms with Crippen molar-refractivity contribution in [3.63, 3.8) is 0 Å². The molecule has 3 aromatic rings. The third-order valence-corrected chi connectivity index (χ3v) is 4.89. The summed E-state index contributed by atoms with van der Waals surface area (Å²) in [5.41, 5.74) is 1.26. The number of halogens is 1. The average molecular weight is 418 g/mol.